The van der Waals surface area contributed by atoms with Crippen molar-refractivity contribution < 1.29 is 9.59 Å². The molecule has 3 rings (SSSR count). The Morgan fingerprint density at radius 1 is 1.10 bits per heavy atom. The van der Waals surface area contributed by atoms with Crippen LogP contribution in [0.1, 0.15) is 5.56 Å². The minimum absolute atomic E-state index is 0.235. The minimum atomic E-state index is -0.456. The second-order valence-corrected chi connectivity index (χ2v) is 8.75. The maximum atomic E-state index is 12.6. The van der Waals surface area contributed by atoms with E-state index in [0.717, 1.165) is 17.3 Å². The summed E-state index contributed by atoms with van der Waals surface area (Å²) >= 11 is 24.3. The van der Waals surface area contributed by atoms with E-state index in [1.807, 2.05) is 36.4 Å². The fourth-order valence-electron chi connectivity index (χ4n) is 2.41. The summed E-state index contributed by atoms with van der Waals surface area (Å²) in [7, 11) is 0. The molecule has 1 N–H and O–H groups in total. The summed E-state index contributed by atoms with van der Waals surface area (Å²) in [5.41, 5.74) is 1.31. The van der Waals surface area contributed by atoms with Crippen LogP contribution < -0.4 is 5.32 Å². The van der Waals surface area contributed by atoms with Gasteiger partial charge in [-0.05, 0) is 23.8 Å². The van der Waals surface area contributed by atoms with Crippen molar-refractivity contribution in [3.8, 4) is 0 Å². The Hall–Kier alpha value is -1.83. The van der Waals surface area contributed by atoms with Crippen molar-refractivity contribution in [2.45, 2.75) is 0 Å². The van der Waals surface area contributed by atoms with Crippen LogP contribution >= 0.6 is 58.8 Å². The third-order valence-corrected chi connectivity index (χ3v) is 6.23. The van der Waals surface area contributed by atoms with E-state index in [1.165, 1.54) is 17.0 Å². The summed E-state index contributed by atoms with van der Waals surface area (Å²) in [4.78, 5) is 26.6. The quantitative estimate of drug-likeness (QED) is 0.320. The number of rotatable bonds is 5. The van der Waals surface area contributed by atoms with Gasteiger partial charge in [0.15, 0.2) is 0 Å². The molecule has 1 heterocycles. The van der Waals surface area contributed by atoms with E-state index in [9.17, 15) is 9.59 Å². The molecular formula is C20H13Cl3N2O2S2. The van der Waals surface area contributed by atoms with Crippen molar-refractivity contribution in [2.24, 2.45) is 0 Å². The second-order valence-electron chi connectivity index (χ2n) is 5.85. The van der Waals surface area contributed by atoms with Crippen LogP contribution in [0, 0.1) is 0 Å². The summed E-state index contributed by atoms with van der Waals surface area (Å²) in [6.45, 7) is -0.235. The molecule has 0 aromatic heterocycles. The molecule has 0 spiro atoms. The van der Waals surface area contributed by atoms with Crippen molar-refractivity contribution in [3.63, 3.8) is 0 Å². The molecule has 2 aromatic rings. The number of hydrogen-bond donors (Lipinski definition) is 1. The van der Waals surface area contributed by atoms with Crippen molar-refractivity contribution in [1.82, 2.24) is 4.90 Å². The zero-order valence-electron chi connectivity index (χ0n) is 14.7. The highest BCUT2D eigenvalue weighted by Gasteiger charge is 2.33. The Morgan fingerprint density at radius 3 is 2.52 bits per heavy atom. The molecule has 1 fully saturated rings. The van der Waals surface area contributed by atoms with E-state index >= 15 is 0 Å². The number of halogens is 3. The van der Waals surface area contributed by atoms with Crippen LogP contribution in [0.25, 0.3) is 6.08 Å². The molecule has 2 amide bonds. The van der Waals surface area contributed by atoms with E-state index in [1.54, 1.807) is 12.2 Å². The zero-order chi connectivity index (χ0) is 21.0. The third-order valence-electron chi connectivity index (χ3n) is 3.80. The summed E-state index contributed by atoms with van der Waals surface area (Å²) in [5.74, 6) is -0.782. The average molecular weight is 484 g/mol. The Labute approximate surface area is 192 Å². The van der Waals surface area contributed by atoms with E-state index < -0.39 is 5.91 Å². The van der Waals surface area contributed by atoms with E-state index in [2.05, 4.69) is 5.32 Å². The maximum absolute atomic E-state index is 12.6. The van der Waals surface area contributed by atoms with Crippen LogP contribution in [0.3, 0.4) is 0 Å². The second kappa shape index (κ2) is 9.78. The van der Waals surface area contributed by atoms with Gasteiger partial charge in [-0.3, -0.25) is 14.5 Å². The number of hydrogen-bond acceptors (Lipinski definition) is 4. The van der Waals surface area contributed by atoms with Gasteiger partial charge in [0.2, 0.25) is 5.91 Å². The predicted octanol–water partition coefficient (Wildman–Crippen LogP) is 6.04. The van der Waals surface area contributed by atoms with E-state index in [0.29, 0.717) is 14.9 Å². The highest BCUT2D eigenvalue weighted by atomic mass is 35.5. The van der Waals surface area contributed by atoms with Gasteiger partial charge in [0, 0.05) is 0 Å². The Morgan fingerprint density at radius 2 is 1.79 bits per heavy atom. The predicted molar refractivity (Wildman–Crippen MR) is 126 cm³/mol. The normalized spacial score (nSPS) is 15.6. The smallest absolute Gasteiger partial charge is 0.266 e. The lowest BCUT2D eigenvalue weighted by Crippen LogP contribution is -2.36. The number of anilines is 1. The first-order valence-corrected chi connectivity index (χ1v) is 10.6. The molecule has 1 saturated heterocycles. The van der Waals surface area contributed by atoms with Crippen LogP contribution in [0.15, 0.2) is 59.5 Å². The molecular weight excluding hydrogens is 471 g/mol. The molecule has 4 nitrogen and oxygen atoms in total. The van der Waals surface area contributed by atoms with Gasteiger partial charge in [0.25, 0.3) is 5.91 Å². The van der Waals surface area contributed by atoms with Crippen molar-refractivity contribution >= 4 is 86.7 Å². The lowest BCUT2D eigenvalue weighted by atomic mass is 10.2. The first kappa shape index (κ1) is 21.9. The maximum Gasteiger partial charge on any atom is 0.266 e. The monoisotopic (exact) mass is 482 g/mol. The molecule has 29 heavy (non-hydrogen) atoms. The molecule has 0 unspecified atom stereocenters. The molecule has 9 heteroatoms. The molecule has 0 aliphatic carbocycles. The fraction of sp³-hybridized carbons (Fsp3) is 0.0500. The fourth-order valence-corrected chi connectivity index (χ4v) is 4.21. The number of amides is 2. The molecule has 0 radical (unpaired) electrons. The lowest BCUT2D eigenvalue weighted by Gasteiger charge is -2.15. The average Bonchev–Trinajstić information content (AvgIpc) is 2.94. The number of thiocarbonyl (C=S) groups is 1. The topological polar surface area (TPSA) is 49.4 Å². The standard InChI is InChI=1S/C20H13Cl3N2O2S2/c21-13-9-15(23)16(10-14(13)22)24-18(26)11-25-19(27)17(29-20(25)28)8-4-7-12-5-2-1-3-6-12/h1-10H,11H2,(H,24,26). The largest absolute Gasteiger partial charge is 0.323 e. The Kier molecular flexibility index (Phi) is 7.38. The molecule has 0 saturated carbocycles. The van der Waals surface area contributed by atoms with Crippen molar-refractivity contribution in [1.29, 1.82) is 0 Å². The van der Waals surface area contributed by atoms with Crippen LogP contribution in [0.4, 0.5) is 5.69 Å². The molecule has 148 valence electrons. The highest BCUT2D eigenvalue weighted by molar-refractivity contribution is 8.26. The molecule has 1 aliphatic rings. The third kappa shape index (κ3) is 5.62. The molecule has 0 bridgehead atoms. The Bertz CT molecular complexity index is 1040. The summed E-state index contributed by atoms with van der Waals surface area (Å²) in [6, 6.07) is 12.6. The van der Waals surface area contributed by atoms with Crippen molar-refractivity contribution in [2.75, 3.05) is 11.9 Å². The molecule has 2 aromatic carbocycles. The summed E-state index contributed by atoms with van der Waals surface area (Å²) < 4.78 is 0.310. The highest BCUT2D eigenvalue weighted by Crippen LogP contribution is 2.33. The number of nitrogens with zero attached hydrogens (tertiary/aromatic N) is 1. The van der Waals surface area contributed by atoms with Gasteiger partial charge in [-0.2, -0.15) is 0 Å². The van der Waals surface area contributed by atoms with Gasteiger partial charge < -0.3 is 5.32 Å². The number of allylic oxidation sites excluding steroid dienone is 2. The SMILES string of the molecule is O=C(CN1C(=O)C(=CC=Cc2ccccc2)SC1=S)Nc1cc(Cl)c(Cl)cc1Cl. The van der Waals surface area contributed by atoms with Gasteiger partial charge in [-0.1, -0.05) is 101 Å². The molecule has 0 atom stereocenters. The number of carbonyl (C=O) groups is 2. The van der Waals surface area contributed by atoms with Crippen LogP contribution in [0.2, 0.25) is 15.1 Å². The van der Waals surface area contributed by atoms with Crippen LogP contribution in [-0.4, -0.2) is 27.6 Å². The van der Waals surface area contributed by atoms with Gasteiger partial charge in [-0.15, -0.1) is 0 Å². The van der Waals surface area contributed by atoms with Gasteiger partial charge in [0.05, 0.1) is 25.7 Å². The van der Waals surface area contributed by atoms with Gasteiger partial charge >= 0.3 is 0 Å². The van der Waals surface area contributed by atoms with E-state index in [4.69, 9.17) is 47.0 Å². The number of thioether (sulfide) groups is 1. The first-order chi connectivity index (χ1) is 13.8. The van der Waals surface area contributed by atoms with Gasteiger partial charge in [-0.25, -0.2) is 0 Å². The van der Waals surface area contributed by atoms with Crippen LogP contribution in [0.5, 0.6) is 0 Å². The number of benzene rings is 2. The first-order valence-electron chi connectivity index (χ1n) is 8.26. The van der Waals surface area contributed by atoms with Gasteiger partial charge in [0.1, 0.15) is 10.9 Å². The summed E-state index contributed by atoms with van der Waals surface area (Å²) in [6.07, 6.45) is 5.34. The van der Waals surface area contributed by atoms with Crippen molar-refractivity contribution in [3.05, 3.63) is 80.2 Å². The lowest BCUT2D eigenvalue weighted by molar-refractivity contribution is -0.126. The minimum Gasteiger partial charge on any atom is -0.323 e. The van der Waals surface area contributed by atoms with E-state index in [-0.39, 0.29) is 27.5 Å². The summed E-state index contributed by atoms with van der Waals surface area (Å²) in [5, 5.41) is 3.39. The van der Waals surface area contributed by atoms with Crippen LogP contribution in [-0.2, 0) is 9.59 Å². The number of carbonyl (C=O) groups excluding carboxylic acids is 2. The Balaban J connectivity index is 1.65. The molecule has 1 aliphatic heterocycles. The number of nitrogens with one attached hydrogen (secondary N) is 1. The zero-order valence-corrected chi connectivity index (χ0v) is 18.6.